The molecule has 0 heterocycles. The van der Waals surface area contributed by atoms with Gasteiger partial charge in [-0.2, -0.15) is 0 Å². The molecule has 0 atom stereocenters. The van der Waals surface area contributed by atoms with Gasteiger partial charge in [-0.1, -0.05) is 30.3 Å². The summed E-state index contributed by atoms with van der Waals surface area (Å²) >= 11 is 0. The molecule has 0 aliphatic rings. The van der Waals surface area contributed by atoms with E-state index < -0.39 is 0 Å². The van der Waals surface area contributed by atoms with Crippen molar-refractivity contribution in [3.63, 3.8) is 0 Å². The van der Waals surface area contributed by atoms with Gasteiger partial charge in [0.15, 0.2) is 0 Å². The van der Waals surface area contributed by atoms with E-state index in [1.807, 2.05) is 62.8 Å². The van der Waals surface area contributed by atoms with Gasteiger partial charge in [0.25, 0.3) is 0 Å². The van der Waals surface area contributed by atoms with Crippen LogP contribution in [-0.2, 0) is 0 Å². The van der Waals surface area contributed by atoms with E-state index in [0.717, 1.165) is 11.3 Å². The molecule has 2 aromatic rings. The molecule has 0 amide bonds. The van der Waals surface area contributed by atoms with Crippen molar-refractivity contribution in [1.82, 2.24) is 0 Å². The van der Waals surface area contributed by atoms with E-state index >= 15 is 0 Å². The molecule has 0 aliphatic carbocycles. The van der Waals surface area contributed by atoms with Crippen LogP contribution in [0.1, 0.15) is 5.56 Å². The van der Waals surface area contributed by atoms with Crippen LogP contribution in [0.25, 0.3) is 0 Å². The first-order valence-corrected chi connectivity index (χ1v) is 5.62. The number of nitrogens with zero attached hydrogens (tertiary/aromatic N) is 2. The van der Waals surface area contributed by atoms with Crippen LogP contribution >= 0.6 is 0 Å². The summed E-state index contributed by atoms with van der Waals surface area (Å²) < 4.78 is 0. The van der Waals surface area contributed by atoms with Gasteiger partial charge >= 0.3 is 0 Å². The lowest BCUT2D eigenvalue weighted by Crippen LogP contribution is -2.07. The van der Waals surface area contributed by atoms with E-state index in [1.165, 1.54) is 5.69 Å². The topological polar surface area (TPSA) is 15.6 Å². The van der Waals surface area contributed by atoms with Crippen LogP contribution in [0, 0.1) is 0 Å². The summed E-state index contributed by atoms with van der Waals surface area (Å²) in [7, 11) is 4.06. The van der Waals surface area contributed by atoms with E-state index in [9.17, 15) is 0 Å². The third-order valence-electron chi connectivity index (χ3n) is 2.53. The molecule has 0 saturated heterocycles. The molecule has 0 aromatic heterocycles. The standard InChI is InChI=1S/C15H16N2/c1-17(2)15-10-8-14(9-11-15)16-12-13-6-4-3-5-7-13/h3-12H,1-2H3/b16-12+. The molecule has 0 radical (unpaired) electrons. The largest absolute Gasteiger partial charge is 0.378 e. The predicted octanol–water partition coefficient (Wildman–Crippen LogP) is 3.50. The van der Waals surface area contributed by atoms with Gasteiger partial charge < -0.3 is 4.90 Å². The second kappa shape index (κ2) is 5.30. The molecule has 2 aromatic carbocycles. The van der Waals surface area contributed by atoms with Gasteiger partial charge in [-0.25, -0.2) is 0 Å². The Kier molecular flexibility index (Phi) is 3.55. The first kappa shape index (κ1) is 11.4. The highest BCUT2D eigenvalue weighted by molar-refractivity contribution is 5.81. The predicted molar refractivity (Wildman–Crippen MR) is 74.5 cm³/mol. The monoisotopic (exact) mass is 224 g/mol. The fourth-order valence-electron chi connectivity index (χ4n) is 1.53. The third-order valence-corrected chi connectivity index (χ3v) is 2.53. The SMILES string of the molecule is CN(C)c1ccc(/N=C/c2ccccc2)cc1. The van der Waals surface area contributed by atoms with E-state index in [0.29, 0.717) is 0 Å². The smallest absolute Gasteiger partial charge is 0.0631 e. The minimum absolute atomic E-state index is 0.972. The highest BCUT2D eigenvalue weighted by atomic mass is 15.1. The minimum atomic E-state index is 0.972. The molecule has 2 heteroatoms. The van der Waals surface area contributed by atoms with Crippen LogP contribution in [0.5, 0.6) is 0 Å². The number of anilines is 1. The number of aliphatic imine (C=N–C) groups is 1. The summed E-state index contributed by atoms with van der Waals surface area (Å²) in [4.78, 5) is 6.51. The molecule has 17 heavy (non-hydrogen) atoms. The summed E-state index contributed by atoms with van der Waals surface area (Å²) in [5, 5.41) is 0. The van der Waals surface area contributed by atoms with Gasteiger partial charge in [0.1, 0.15) is 0 Å². The fourth-order valence-corrected chi connectivity index (χ4v) is 1.53. The number of hydrogen-bond donors (Lipinski definition) is 0. The van der Waals surface area contributed by atoms with Crippen molar-refractivity contribution >= 4 is 17.6 Å². The molecule has 0 N–H and O–H groups in total. The average molecular weight is 224 g/mol. The molecule has 0 unspecified atom stereocenters. The maximum Gasteiger partial charge on any atom is 0.0631 e. The third kappa shape index (κ3) is 3.18. The molecule has 2 nitrogen and oxygen atoms in total. The molecule has 0 fully saturated rings. The average Bonchev–Trinajstić information content (AvgIpc) is 2.38. The van der Waals surface area contributed by atoms with Gasteiger partial charge in [0.2, 0.25) is 0 Å². The van der Waals surface area contributed by atoms with Crippen molar-refractivity contribution in [2.45, 2.75) is 0 Å². The van der Waals surface area contributed by atoms with Crippen molar-refractivity contribution in [3.05, 3.63) is 60.2 Å². The minimum Gasteiger partial charge on any atom is -0.378 e. The summed E-state index contributed by atoms with van der Waals surface area (Å²) in [6, 6.07) is 18.3. The maximum absolute atomic E-state index is 4.43. The zero-order valence-electron chi connectivity index (χ0n) is 10.2. The first-order valence-electron chi connectivity index (χ1n) is 5.62. The zero-order chi connectivity index (χ0) is 12.1. The molecule has 0 saturated carbocycles. The molecule has 86 valence electrons. The van der Waals surface area contributed by atoms with Crippen LogP contribution < -0.4 is 4.90 Å². The highest BCUT2D eigenvalue weighted by Gasteiger charge is 1.94. The molecule has 0 spiro atoms. The van der Waals surface area contributed by atoms with E-state index in [2.05, 4.69) is 22.0 Å². The van der Waals surface area contributed by atoms with Crippen LogP contribution in [0.3, 0.4) is 0 Å². The number of rotatable bonds is 3. The maximum atomic E-state index is 4.43. The normalized spacial score (nSPS) is 10.7. The van der Waals surface area contributed by atoms with Gasteiger partial charge in [0.05, 0.1) is 5.69 Å². The summed E-state index contributed by atoms with van der Waals surface area (Å²) in [6.07, 6.45) is 1.88. The Morgan fingerprint density at radius 2 is 1.53 bits per heavy atom. The Balaban J connectivity index is 2.12. The van der Waals surface area contributed by atoms with E-state index in [1.54, 1.807) is 0 Å². The second-order valence-corrected chi connectivity index (χ2v) is 4.08. The number of hydrogen-bond acceptors (Lipinski definition) is 2. The second-order valence-electron chi connectivity index (χ2n) is 4.08. The van der Waals surface area contributed by atoms with Crippen molar-refractivity contribution in [2.24, 2.45) is 4.99 Å². The van der Waals surface area contributed by atoms with Crippen LogP contribution in [0.15, 0.2) is 59.6 Å². The molecule has 0 bridgehead atoms. The van der Waals surface area contributed by atoms with Gasteiger partial charge in [-0.05, 0) is 29.8 Å². The summed E-state index contributed by atoms with van der Waals surface area (Å²) in [6.45, 7) is 0. The lowest BCUT2D eigenvalue weighted by molar-refractivity contribution is 1.13. The van der Waals surface area contributed by atoms with Crippen molar-refractivity contribution in [1.29, 1.82) is 0 Å². The number of benzene rings is 2. The molecular weight excluding hydrogens is 208 g/mol. The fraction of sp³-hybridized carbons (Fsp3) is 0.133. The molecule has 0 aliphatic heterocycles. The van der Waals surface area contributed by atoms with E-state index in [4.69, 9.17) is 0 Å². The van der Waals surface area contributed by atoms with Crippen LogP contribution in [0.2, 0.25) is 0 Å². The van der Waals surface area contributed by atoms with Gasteiger partial charge in [-0.3, -0.25) is 4.99 Å². The molecule has 2 rings (SSSR count). The summed E-state index contributed by atoms with van der Waals surface area (Å²) in [5.74, 6) is 0. The van der Waals surface area contributed by atoms with Gasteiger partial charge in [0, 0.05) is 26.0 Å². The Hall–Kier alpha value is -2.09. The van der Waals surface area contributed by atoms with E-state index in [-0.39, 0.29) is 0 Å². The van der Waals surface area contributed by atoms with Crippen LogP contribution in [0.4, 0.5) is 11.4 Å². The van der Waals surface area contributed by atoms with Crippen molar-refractivity contribution in [3.8, 4) is 0 Å². The quantitative estimate of drug-likeness (QED) is 0.728. The Labute approximate surface area is 102 Å². The lowest BCUT2D eigenvalue weighted by Gasteiger charge is -2.11. The van der Waals surface area contributed by atoms with Crippen molar-refractivity contribution < 1.29 is 0 Å². The molecular formula is C15H16N2. The first-order chi connectivity index (χ1) is 8.25. The van der Waals surface area contributed by atoms with Gasteiger partial charge in [-0.15, -0.1) is 0 Å². The lowest BCUT2D eigenvalue weighted by atomic mass is 10.2. The highest BCUT2D eigenvalue weighted by Crippen LogP contribution is 2.17. The summed E-state index contributed by atoms with van der Waals surface area (Å²) in [5.41, 5.74) is 3.27. The van der Waals surface area contributed by atoms with Crippen LogP contribution in [-0.4, -0.2) is 20.3 Å². The zero-order valence-corrected chi connectivity index (χ0v) is 10.2. The Bertz CT molecular complexity index is 484. The Morgan fingerprint density at radius 3 is 2.12 bits per heavy atom. The van der Waals surface area contributed by atoms with Crippen molar-refractivity contribution in [2.75, 3.05) is 19.0 Å². The Morgan fingerprint density at radius 1 is 0.882 bits per heavy atom.